The highest BCUT2D eigenvalue weighted by Crippen LogP contribution is 2.31. The van der Waals surface area contributed by atoms with Crippen molar-refractivity contribution < 1.29 is 22.7 Å². The Morgan fingerprint density at radius 1 is 0.935 bits per heavy atom. The number of carbonyl (C=O) groups excluding carboxylic acids is 1. The first-order chi connectivity index (χ1) is 22.1. The molecule has 0 spiro atoms. The van der Waals surface area contributed by atoms with Crippen molar-refractivity contribution in [3.05, 3.63) is 132 Å². The van der Waals surface area contributed by atoms with Crippen LogP contribution in [0.3, 0.4) is 0 Å². The number of nitrogens with one attached hydrogen (secondary N) is 2. The van der Waals surface area contributed by atoms with Gasteiger partial charge in [-0.1, -0.05) is 73.7 Å². The van der Waals surface area contributed by atoms with E-state index in [4.69, 9.17) is 5.10 Å². The summed E-state index contributed by atoms with van der Waals surface area (Å²) in [5.41, 5.74) is 4.91. The van der Waals surface area contributed by atoms with E-state index < -0.39 is 12.3 Å². The number of ether oxygens (including phenoxy) is 1. The Labute approximate surface area is 269 Å². The van der Waals surface area contributed by atoms with Crippen molar-refractivity contribution in [2.24, 2.45) is 11.0 Å². The molecule has 1 amide bonds. The van der Waals surface area contributed by atoms with E-state index in [2.05, 4.69) is 28.0 Å². The minimum atomic E-state index is -4.77. The van der Waals surface area contributed by atoms with Crippen LogP contribution in [0, 0.1) is 17.2 Å². The van der Waals surface area contributed by atoms with Gasteiger partial charge in [-0.25, -0.2) is 5.01 Å². The summed E-state index contributed by atoms with van der Waals surface area (Å²) < 4.78 is 41.6. The van der Waals surface area contributed by atoms with Crippen molar-refractivity contribution >= 4 is 41.3 Å². The number of carbonyl (C=O) groups is 1. The number of rotatable bonds is 8. The van der Waals surface area contributed by atoms with Crippen LogP contribution in [-0.4, -0.2) is 18.0 Å². The van der Waals surface area contributed by atoms with Crippen LogP contribution in [0.25, 0.3) is 11.1 Å². The molecule has 1 atom stereocenters. The van der Waals surface area contributed by atoms with Crippen molar-refractivity contribution in [2.75, 3.05) is 15.6 Å². The summed E-state index contributed by atoms with van der Waals surface area (Å²) >= 11 is 4.45. The number of anilines is 3. The molecule has 0 bridgehead atoms. The van der Waals surface area contributed by atoms with Crippen LogP contribution in [0.15, 0.2) is 131 Å². The number of amides is 1. The fourth-order valence-electron chi connectivity index (χ4n) is 4.79. The van der Waals surface area contributed by atoms with Gasteiger partial charge in [0, 0.05) is 29.1 Å². The van der Waals surface area contributed by atoms with E-state index in [1.165, 1.54) is 24.3 Å². The van der Waals surface area contributed by atoms with E-state index in [0.717, 1.165) is 22.4 Å². The minimum absolute atomic E-state index is 0.0271. The third-order valence-electron chi connectivity index (χ3n) is 7.03. The summed E-state index contributed by atoms with van der Waals surface area (Å²) in [5.74, 6) is -0.921. The van der Waals surface area contributed by atoms with Gasteiger partial charge in [0.25, 0.3) is 5.91 Å². The number of hydrogen-bond acceptors (Lipinski definition) is 7. The first-order valence-corrected chi connectivity index (χ1v) is 14.6. The molecule has 4 aromatic rings. The Bertz CT molecular complexity index is 1830. The monoisotopic (exact) mass is 639 g/mol. The predicted octanol–water partition coefficient (Wildman–Crippen LogP) is 8.73. The Morgan fingerprint density at radius 2 is 1.61 bits per heavy atom. The average Bonchev–Trinajstić information content (AvgIpc) is 3.23. The Hall–Kier alpha value is -5.47. The smallest absolute Gasteiger partial charge is 0.406 e. The molecule has 2 N–H and O–H groups in total. The van der Waals surface area contributed by atoms with Crippen LogP contribution in [0.1, 0.15) is 18.9 Å². The first kappa shape index (κ1) is 31.9. The summed E-state index contributed by atoms with van der Waals surface area (Å²) in [5, 5.41) is 22.1. The van der Waals surface area contributed by atoms with Crippen LogP contribution in [0.4, 0.5) is 30.2 Å². The normalized spacial score (nSPS) is 15.2. The summed E-state index contributed by atoms with van der Waals surface area (Å²) in [6.45, 7) is 2.02. The number of nitriles is 1. The van der Waals surface area contributed by atoms with Gasteiger partial charge in [0.15, 0.2) is 0 Å². The van der Waals surface area contributed by atoms with Gasteiger partial charge in [-0.15, -0.1) is 25.8 Å². The lowest BCUT2D eigenvalue weighted by Crippen LogP contribution is -2.18. The number of para-hydroxylation sites is 1. The topological polar surface area (TPSA) is 89.8 Å². The zero-order valence-electron chi connectivity index (χ0n) is 24.5. The minimum Gasteiger partial charge on any atom is -0.406 e. The molecule has 1 heterocycles. The van der Waals surface area contributed by atoms with E-state index >= 15 is 0 Å². The fraction of sp³-hybridized carbons (Fsp3) is 0.114. The summed E-state index contributed by atoms with van der Waals surface area (Å²) in [4.78, 5) is 13.1. The first-order valence-electron chi connectivity index (χ1n) is 14.2. The van der Waals surface area contributed by atoms with Crippen LogP contribution < -0.4 is 20.4 Å². The maximum absolute atomic E-state index is 13.1. The van der Waals surface area contributed by atoms with Gasteiger partial charge in [-0.2, -0.15) is 10.4 Å². The van der Waals surface area contributed by atoms with E-state index in [1.807, 2.05) is 73.7 Å². The maximum Gasteiger partial charge on any atom is 0.573 e. The van der Waals surface area contributed by atoms with E-state index in [1.54, 1.807) is 35.5 Å². The van der Waals surface area contributed by atoms with Crippen LogP contribution in [0.5, 0.6) is 5.75 Å². The molecule has 0 saturated carbocycles. The van der Waals surface area contributed by atoms with E-state index in [9.17, 15) is 23.2 Å². The molecule has 46 heavy (non-hydrogen) atoms. The molecule has 1 aliphatic heterocycles. The number of benzene rings is 4. The Morgan fingerprint density at radius 3 is 2.28 bits per heavy atom. The molecule has 0 fully saturated rings. The van der Waals surface area contributed by atoms with Gasteiger partial charge >= 0.3 is 6.36 Å². The molecule has 0 saturated heterocycles. The lowest BCUT2D eigenvalue weighted by atomic mass is 9.95. The van der Waals surface area contributed by atoms with Gasteiger partial charge in [-0.3, -0.25) is 4.79 Å². The molecule has 11 heteroatoms. The second-order valence-corrected chi connectivity index (χ2v) is 10.7. The standard InChI is InChI=1S/C35H28F3N5O2S/c1-23-8-7-21-43(27-17-19-28(20-18-27)45-35(36,37)38)42-32(23)25-13-15-26(16-14-25)40-33(44)30(22-39)34(46)41-31-12-6-5-11-29(31)24-9-3-2-4-10-24/h2-7,9-21,23,41,46H,8H2,1H3,(H,40,44)/b34-30-. The number of hydrazone groups is 1. The van der Waals surface area contributed by atoms with Crippen molar-refractivity contribution in [3.63, 3.8) is 0 Å². The van der Waals surface area contributed by atoms with Crippen molar-refractivity contribution in [2.45, 2.75) is 19.7 Å². The molecule has 1 unspecified atom stereocenters. The van der Waals surface area contributed by atoms with Crippen LogP contribution >= 0.6 is 12.6 Å². The van der Waals surface area contributed by atoms with Gasteiger partial charge in [0.05, 0.1) is 16.4 Å². The number of hydrogen-bond donors (Lipinski definition) is 3. The highest BCUT2D eigenvalue weighted by molar-refractivity contribution is 7.84. The van der Waals surface area contributed by atoms with Gasteiger partial charge in [0.2, 0.25) is 0 Å². The Balaban J connectivity index is 1.31. The van der Waals surface area contributed by atoms with Gasteiger partial charge in [-0.05, 0) is 60.0 Å². The lowest BCUT2D eigenvalue weighted by molar-refractivity contribution is -0.274. The maximum atomic E-state index is 13.1. The molecule has 5 rings (SSSR count). The number of allylic oxidation sites excluding steroid dienone is 1. The highest BCUT2D eigenvalue weighted by Gasteiger charge is 2.31. The molecule has 0 aromatic heterocycles. The average molecular weight is 640 g/mol. The molecule has 0 radical (unpaired) electrons. The summed E-state index contributed by atoms with van der Waals surface area (Å²) in [6, 6.07) is 31.7. The second kappa shape index (κ2) is 14.1. The molecule has 232 valence electrons. The molecular formula is C35H28F3N5O2S. The van der Waals surface area contributed by atoms with E-state index in [-0.39, 0.29) is 22.3 Å². The van der Waals surface area contributed by atoms with Gasteiger partial charge < -0.3 is 15.4 Å². The lowest BCUT2D eigenvalue weighted by Gasteiger charge is -2.18. The quantitative estimate of drug-likeness (QED) is 0.102. The Kier molecular flexibility index (Phi) is 9.79. The highest BCUT2D eigenvalue weighted by atomic mass is 32.1. The molecule has 7 nitrogen and oxygen atoms in total. The number of halogens is 3. The molecular weight excluding hydrogens is 611 g/mol. The number of thiol groups is 1. The molecule has 0 aliphatic carbocycles. The molecule has 1 aliphatic rings. The number of alkyl halides is 3. The van der Waals surface area contributed by atoms with Crippen molar-refractivity contribution in [1.29, 1.82) is 5.26 Å². The van der Waals surface area contributed by atoms with Crippen molar-refractivity contribution in [1.82, 2.24) is 0 Å². The van der Waals surface area contributed by atoms with Crippen LogP contribution in [-0.2, 0) is 4.79 Å². The summed E-state index contributed by atoms with van der Waals surface area (Å²) in [7, 11) is 0. The zero-order chi connectivity index (χ0) is 32.7. The predicted molar refractivity (Wildman–Crippen MR) is 177 cm³/mol. The third kappa shape index (κ3) is 7.97. The van der Waals surface area contributed by atoms with Crippen LogP contribution in [0.2, 0.25) is 0 Å². The van der Waals surface area contributed by atoms with Crippen molar-refractivity contribution in [3.8, 4) is 22.9 Å². The number of nitrogens with zero attached hydrogens (tertiary/aromatic N) is 3. The largest absolute Gasteiger partial charge is 0.573 e. The molecule has 4 aromatic carbocycles. The van der Waals surface area contributed by atoms with E-state index in [0.29, 0.717) is 23.5 Å². The second-order valence-electron chi connectivity index (χ2n) is 10.3. The third-order valence-corrected chi connectivity index (χ3v) is 7.37. The van der Waals surface area contributed by atoms with Gasteiger partial charge in [0.1, 0.15) is 17.4 Å². The summed E-state index contributed by atoms with van der Waals surface area (Å²) in [6.07, 6.45) is -0.393. The zero-order valence-corrected chi connectivity index (χ0v) is 25.4. The fourth-order valence-corrected chi connectivity index (χ4v) is 5.06. The SMILES string of the molecule is CC1CC=CN(c2ccc(OC(F)(F)F)cc2)N=C1c1ccc(NC(=O)/C(C#N)=C(\S)Nc2ccccc2-c2ccccc2)cc1.